The highest BCUT2D eigenvalue weighted by atomic mass is 32.2. The number of allylic oxidation sites excluding steroid dienone is 6. The third-order valence-electron chi connectivity index (χ3n) is 12.7. The average molecular weight is 985 g/mol. The number of carbonyl (C=O) groups excluding carboxylic acids is 2. The Bertz CT molecular complexity index is 1380. The van der Waals surface area contributed by atoms with Gasteiger partial charge in [-0.1, -0.05) is 198 Å². The molecule has 0 amide bonds. The molecule has 12 nitrogen and oxygen atoms in total. The number of esters is 2. The van der Waals surface area contributed by atoms with Gasteiger partial charge in [0.2, 0.25) is 0 Å². The lowest BCUT2D eigenvalue weighted by molar-refractivity contribution is -0.297. The van der Waals surface area contributed by atoms with E-state index in [0.29, 0.717) is 19.3 Å². The number of carbonyl (C=O) groups is 2. The molecule has 0 spiro atoms. The zero-order valence-corrected chi connectivity index (χ0v) is 43.8. The third-order valence-corrected chi connectivity index (χ3v) is 13.4. The van der Waals surface area contributed by atoms with Gasteiger partial charge in [-0.05, 0) is 70.6 Å². The summed E-state index contributed by atoms with van der Waals surface area (Å²) in [5.41, 5.74) is 0. The summed E-state index contributed by atoms with van der Waals surface area (Å²) >= 11 is 0. The highest BCUT2D eigenvalue weighted by molar-refractivity contribution is 7.85. The SMILES string of the molecule is CCCCCC/C=C/CCCCCCCCCCCC(=O)OC[C@H](CO[C@H]1O[C@H](CS(=O)(=O)O)[C@@H](O)C(O)C1O)OC(=O)CCC/C=C/CC/C=C/CCCCCCCCCCCCCCCC. The molecule has 13 heteroatoms. The fourth-order valence-corrected chi connectivity index (χ4v) is 9.09. The maximum atomic E-state index is 12.9. The minimum Gasteiger partial charge on any atom is -0.462 e. The second-order valence-corrected chi connectivity index (χ2v) is 20.7. The normalized spacial score (nSPS) is 19.4. The van der Waals surface area contributed by atoms with Crippen molar-refractivity contribution in [3.8, 4) is 0 Å². The summed E-state index contributed by atoms with van der Waals surface area (Å²) in [4.78, 5) is 25.5. The van der Waals surface area contributed by atoms with Crippen LogP contribution in [0.2, 0.25) is 0 Å². The molecule has 68 heavy (non-hydrogen) atoms. The smallest absolute Gasteiger partial charge is 0.306 e. The Morgan fingerprint density at radius 3 is 1.32 bits per heavy atom. The van der Waals surface area contributed by atoms with Gasteiger partial charge in [-0.25, -0.2) is 0 Å². The number of hydrogen-bond acceptors (Lipinski definition) is 11. The van der Waals surface area contributed by atoms with Crippen LogP contribution >= 0.6 is 0 Å². The molecule has 0 aromatic carbocycles. The molecule has 0 aromatic rings. The number of hydrogen-bond donors (Lipinski definition) is 4. The van der Waals surface area contributed by atoms with Crippen LogP contribution in [0.4, 0.5) is 0 Å². The standard InChI is InChI=1S/C55H100O12S/c1-3-5-7-9-11-13-15-17-19-21-22-23-24-25-26-28-30-32-34-36-38-40-42-44-51(57)66-48(46-65-55-54(60)53(59)52(58)49(67-55)47-68(61,62)63)45-64-50(56)43-41-39-37-35-33-31-29-27-20-18-16-14-12-10-8-6-4-2/h14,16,28,30,36,38,48-49,52-55,58-60H,3-13,15,17-27,29,31-35,37,39-47H2,1-2H3,(H,61,62,63)/b16-14+,30-28+,38-36+/t48-,49-,52-,53?,54?,55+/m1/s1. The highest BCUT2D eigenvalue weighted by Gasteiger charge is 2.46. The molecule has 1 fully saturated rings. The van der Waals surface area contributed by atoms with E-state index < -0.39 is 71.2 Å². The van der Waals surface area contributed by atoms with Crippen LogP contribution in [-0.4, -0.2) is 96.0 Å². The predicted octanol–water partition coefficient (Wildman–Crippen LogP) is 12.9. The molecule has 398 valence electrons. The third kappa shape index (κ3) is 38.6. The van der Waals surface area contributed by atoms with Crippen LogP contribution in [0.5, 0.6) is 0 Å². The fourth-order valence-electron chi connectivity index (χ4n) is 8.40. The lowest BCUT2D eigenvalue weighted by Crippen LogP contribution is -2.60. The molecule has 0 aromatic heterocycles. The van der Waals surface area contributed by atoms with Gasteiger partial charge in [-0.15, -0.1) is 0 Å². The van der Waals surface area contributed by atoms with Crippen molar-refractivity contribution in [2.45, 2.75) is 282 Å². The van der Waals surface area contributed by atoms with E-state index in [2.05, 4.69) is 50.3 Å². The Hall–Kier alpha value is -2.13. The van der Waals surface area contributed by atoms with Gasteiger partial charge in [0.05, 0.1) is 6.61 Å². The van der Waals surface area contributed by atoms with Crippen molar-refractivity contribution in [1.29, 1.82) is 0 Å². The summed E-state index contributed by atoms with van der Waals surface area (Å²) in [6, 6.07) is 0. The van der Waals surface area contributed by atoms with E-state index in [1.807, 2.05) is 0 Å². The van der Waals surface area contributed by atoms with Crippen molar-refractivity contribution in [2.24, 2.45) is 0 Å². The van der Waals surface area contributed by atoms with Gasteiger partial charge in [0.25, 0.3) is 10.1 Å². The van der Waals surface area contributed by atoms with Gasteiger partial charge < -0.3 is 34.3 Å². The zero-order valence-electron chi connectivity index (χ0n) is 43.0. The first-order valence-electron chi connectivity index (χ1n) is 27.5. The van der Waals surface area contributed by atoms with Gasteiger partial charge >= 0.3 is 11.9 Å². The minimum absolute atomic E-state index is 0.106. The molecule has 1 rings (SSSR count). The number of aliphatic hydroxyl groups excluding tert-OH is 3. The van der Waals surface area contributed by atoms with Crippen LogP contribution in [0.25, 0.3) is 0 Å². The van der Waals surface area contributed by atoms with Gasteiger partial charge in [0, 0.05) is 12.8 Å². The highest BCUT2D eigenvalue weighted by Crippen LogP contribution is 2.24. The molecule has 0 bridgehead atoms. The largest absolute Gasteiger partial charge is 0.462 e. The molecule has 0 radical (unpaired) electrons. The first kappa shape index (κ1) is 63.9. The van der Waals surface area contributed by atoms with Crippen LogP contribution in [-0.2, 0) is 38.7 Å². The second-order valence-electron chi connectivity index (χ2n) is 19.2. The Kier molecular flexibility index (Phi) is 42.1. The Morgan fingerprint density at radius 2 is 0.868 bits per heavy atom. The molecule has 1 saturated heterocycles. The van der Waals surface area contributed by atoms with E-state index in [1.54, 1.807) is 0 Å². The molecule has 1 aliphatic heterocycles. The Balaban J connectivity index is 2.36. The van der Waals surface area contributed by atoms with Crippen molar-refractivity contribution < 1.29 is 56.8 Å². The number of rotatable bonds is 47. The molecule has 6 atom stereocenters. The fraction of sp³-hybridized carbons (Fsp3) is 0.855. The number of ether oxygens (including phenoxy) is 4. The van der Waals surface area contributed by atoms with Crippen LogP contribution in [0.3, 0.4) is 0 Å². The van der Waals surface area contributed by atoms with E-state index in [4.69, 9.17) is 18.9 Å². The molecule has 1 heterocycles. The van der Waals surface area contributed by atoms with Crippen LogP contribution < -0.4 is 0 Å². The summed E-state index contributed by atoms with van der Waals surface area (Å²) in [5.74, 6) is -2.03. The molecule has 2 unspecified atom stereocenters. The monoisotopic (exact) mass is 985 g/mol. The van der Waals surface area contributed by atoms with Crippen molar-refractivity contribution in [2.75, 3.05) is 19.0 Å². The Labute approximate surface area is 414 Å². The number of aliphatic hydroxyl groups is 3. The first-order chi connectivity index (χ1) is 33.0. The van der Waals surface area contributed by atoms with Crippen molar-refractivity contribution in [3.63, 3.8) is 0 Å². The summed E-state index contributed by atoms with van der Waals surface area (Å²) in [5, 5.41) is 31.0. The molecular formula is C55H100O12S. The Morgan fingerprint density at radius 1 is 0.485 bits per heavy atom. The quantitative estimate of drug-likeness (QED) is 0.0196. The second kappa shape index (κ2) is 44.8. The summed E-state index contributed by atoms with van der Waals surface area (Å²) in [7, 11) is -4.61. The van der Waals surface area contributed by atoms with E-state index >= 15 is 0 Å². The van der Waals surface area contributed by atoms with E-state index in [9.17, 15) is 37.9 Å². The number of unbranched alkanes of at least 4 members (excludes halogenated alkanes) is 29. The van der Waals surface area contributed by atoms with Gasteiger partial charge in [-0.3, -0.25) is 14.1 Å². The maximum Gasteiger partial charge on any atom is 0.306 e. The van der Waals surface area contributed by atoms with Crippen LogP contribution in [0.15, 0.2) is 36.5 Å². The summed E-state index contributed by atoms with van der Waals surface area (Å²) < 4.78 is 54.3. The van der Waals surface area contributed by atoms with E-state index in [0.717, 1.165) is 38.5 Å². The van der Waals surface area contributed by atoms with E-state index in [1.165, 1.54) is 161 Å². The topological polar surface area (TPSA) is 186 Å². The minimum atomic E-state index is -4.61. The predicted molar refractivity (Wildman–Crippen MR) is 275 cm³/mol. The van der Waals surface area contributed by atoms with E-state index in [-0.39, 0.29) is 19.4 Å². The first-order valence-corrected chi connectivity index (χ1v) is 29.2. The average Bonchev–Trinajstić information content (AvgIpc) is 3.31. The molecule has 4 N–H and O–H groups in total. The maximum absolute atomic E-state index is 12.9. The van der Waals surface area contributed by atoms with Crippen molar-refractivity contribution in [1.82, 2.24) is 0 Å². The summed E-state index contributed by atoms with van der Waals surface area (Å²) in [6.45, 7) is 3.76. The lowest BCUT2D eigenvalue weighted by atomic mass is 10.00. The zero-order chi connectivity index (χ0) is 49.8. The molecule has 0 saturated carbocycles. The molecular weight excluding hydrogens is 885 g/mol. The molecule has 1 aliphatic rings. The van der Waals surface area contributed by atoms with Gasteiger partial charge in [0.1, 0.15) is 36.8 Å². The summed E-state index contributed by atoms with van der Waals surface area (Å²) in [6.07, 6.45) is 44.8. The lowest BCUT2D eigenvalue weighted by Gasteiger charge is -2.40. The van der Waals surface area contributed by atoms with Gasteiger partial charge in [0.15, 0.2) is 12.4 Å². The van der Waals surface area contributed by atoms with Gasteiger partial charge in [-0.2, -0.15) is 8.42 Å². The van der Waals surface area contributed by atoms with Crippen LogP contribution in [0.1, 0.15) is 245 Å². The van der Waals surface area contributed by atoms with Crippen LogP contribution in [0, 0.1) is 0 Å². The van der Waals surface area contributed by atoms with Crippen molar-refractivity contribution in [3.05, 3.63) is 36.5 Å². The van der Waals surface area contributed by atoms with Crippen molar-refractivity contribution >= 4 is 22.1 Å². The molecule has 0 aliphatic carbocycles.